The van der Waals surface area contributed by atoms with E-state index < -0.39 is 0 Å². The van der Waals surface area contributed by atoms with E-state index >= 15 is 0 Å². The van der Waals surface area contributed by atoms with Crippen LogP contribution in [0.25, 0.3) is 0 Å². The second-order valence-electron chi connectivity index (χ2n) is 9.04. The molecule has 0 aromatic heterocycles. The molecule has 136 valence electrons. The second-order valence-corrected chi connectivity index (χ2v) is 9.04. The van der Waals surface area contributed by atoms with Gasteiger partial charge in [0.2, 0.25) is 0 Å². The van der Waals surface area contributed by atoms with Crippen LogP contribution >= 0.6 is 0 Å². The molecule has 2 atom stereocenters. The summed E-state index contributed by atoms with van der Waals surface area (Å²) in [6.07, 6.45) is 1.27. The van der Waals surface area contributed by atoms with Crippen LogP contribution in [0.2, 0.25) is 0 Å². The lowest BCUT2D eigenvalue weighted by Crippen LogP contribution is -2.62. The first-order valence-electron chi connectivity index (χ1n) is 9.18. The Balaban J connectivity index is 2.50. The van der Waals surface area contributed by atoms with Crippen LogP contribution in [0.4, 0.5) is 5.69 Å². The molecule has 3 nitrogen and oxygen atoms in total. The zero-order valence-corrected chi connectivity index (χ0v) is 17.0. The fraction of sp³-hybridized carbons (Fsp3) is 0.714. The van der Waals surface area contributed by atoms with Gasteiger partial charge in [-0.3, -0.25) is 4.90 Å². The van der Waals surface area contributed by atoms with Crippen molar-refractivity contribution < 1.29 is 4.74 Å². The third-order valence-electron chi connectivity index (χ3n) is 6.37. The van der Waals surface area contributed by atoms with Gasteiger partial charge in [-0.25, -0.2) is 0 Å². The van der Waals surface area contributed by atoms with Crippen molar-refractivity contribution in [3.8, 4) is 5.75 Å². The normalized spacial score (nSPS) is 26.6. The van der Waals surface area contributed by atoms with Gasteiger partial charge in [0.1, 0.15) is 5.75 Å². The maximum absolute atomic E-state index is 6.20. The average molecular weight is 333 g/mol. The molecular formula is C21H36N2O. The summed E-state index contributed by atoms with van der Waals surface area (Å²) >= 11 is 0. The van der Waals surface area contributed by atoms with E-state index in [2.05, 4.69) is 65.6 Å². The van der Waals surface area contributed by atoms with E-state index in [4.69, 9.17) is 10.5 Å². The monoisotopic (exact) mass is 332 g/mol. The van der Waals surface area contributed by atoms with E-state index in [1.54, 1.807) is 0 Å². The van der Waals surface area contributed by atoms with Gasteiger partial charge in [-0.15, -0.1) is 0 Å². The molecule has 1 aromatic carbocycles. The summed E-state index contributed by atoms with van der Waals surface area (Å²) in [5.74, 6) is 1.87. The molecule has 2 N–H and O–H groups in total. The Morgan fingerprint density at radius 3 is 2.33 bits per heavy atom. The van der Waals surface area contributed by atoms with Gasteiger partial charge in [0.05, 0.1) is 11.8 Å². The van der Waals surface area contributed by atoms with Gasteiger partial charge >= 0.3 is 0 Å². The Kier molecular flexibility index (Phi) is 4.98. The van der Waals surface area contributed by atoms with Crippen molar-refractivity contribution in [2.45, 2.75) is 84.9 Å². The van der Waals surface area contributed by atoms with Crippen molar-refractivity contribution in [1.82, 2.24) is 4.90 Å². The Morgan fingerprint density at radius 1 is 1.21 bits per heavy atom. The Hall–Kier alpha value is -1.22. The molecule has 0 bridgehead atoms. The van der Waals surface area contributed by atoms with Crippen LogP contribution in [0.15, 0.2) is 12.1 Å². The Labute approximate surface area is 148 Å². The highest BCUT2D eigenvalue weighted by molar-refractivity contribution is 5.57. The third kappa shape index (κ3) is 3.28. The van der Waals surface area contributed by atoms with Crippen molar-refractivity contribution in [2.24, 2.45) is 5.92 Å². The van der Waals surface area contributed by atoms with Gasteiger partial charge in [0, 0.05) is 11.1 Å². The van der Waals surface area contributed by atoms with Crippen molar-refractivity contribution in [2.75, 3.05) is 12.8 Å². The van der Waals surface area contributed by atoms with Crippen LogP contribution in [0.1, 0.15) is 71.9 Å². The quantitative estimate of drug-likeness (QED) is 0.794. The molecule has 0 radical (unpaired) electrons. The fourth-order valence-electron chi connectivity index (χ4n) is 4.29. The number of aryl methyl sites for hydroxylation is 1. The molecule has 3 heteroatoms. The predicted octanol–water partition coefficient (Wildman–Crippen LogP) is 4.98. The van der Waals surface area contributed by atoms with E-state index in [-0.39, 0.29) is 17.2 Å². The molecule has 2 rings (SSSR count). The van der Waals surface area contributed by atoms with Gasteiger partial charge in [-0.05, 0) is 97.0 Å². The van der Waals surface area contributed by atoms with Crippen LogP contribution in [-0.4, -0.2) is 29.1 Å². The van der Waals surface area contributed by atoms with Crippen molar-refractivity contribution in [1.29, 1.82) is 0 Å². The molecule has 24 heavy (non-hydrogen) atoms. The van der Waals surface area contributed by atoms with Crippen LogP contribution in [0.5, 0.6) is 5.75 Å². The zero-order valence-electron chi connectivity index (χ0n) is 17.0. The maximum Gasteiger partial charge on any atom is 0.142 e. The lowest BCUT2D eigenvalue weighted by Gasteiger charge is -2.57. The van der Waals surface area contributed by atoms with E-state index in [9.17, 15) is 0 Å². The molecule has 1 aliphatic heterocycles. The summed E-state index contributed by atoms with van der Waals surface area (Å²) in [6, 6.07) is 4.28. The highest BCUT2D eigenvalue weighted by atomic mass is 16.5. The number of nitrogens with two attached hydrogens (primary N) is 1. The van der Waals surface area contributed by atoms with Gasteiger partial charge in [-0.2, -0.15) is 0 Å². The van der Waals surface area contributed by atoms with Gasteiger partial charge in [0.25, 0.3) is 0 Å². The molecule has 0 saturated carbocycles. The highest BCUT2D eigenvalue weighted by Crippen LogP contribution is 2.50. The van der Waals surface area contributed by atoms with Gasteiger partial charge in [0.15, 0.2) is 0 Å². The number of nitrogen functional groups attached to an aromatic ring is 1. The summed E-state index contributed by atoms with van der Waals surface area (Å²) < 4.78 is 5.96. The first kappa shape index (κ1) is 19.1. The Bertz CT molecular complexity index is 604. The number of piperidine rings is 1. The minimum absolute atomic E-state index is 0.130. The van der Waals surface area contributed by atoms with Crippen molar-refractivity contribution in [3.05, 3.63) is 23.3 Å². The number of ether oxygens (including phenoxy) is 1. The minimum Gasteiger partial charge on any atom is -0.489 e. The Morgan fingerprint density at radius 2 is 1.79 bits per heavy atom. The smallest absolute Gasteiger partial charge is 0.142 e. The lowest BCUT2D eigenvalue weighted by molar-refractivity contribution is -0.0511. The standard InChI is InChI=1S/C21H36N2O/c1-13(2)24-19-11-16(14(3)10-18(19)22)17-12-20(5,6)23(9)21(7,8)15(17)4/h10-11,13,15,17H,12,22H2,1-9H3. The highest BCUT2D eigenvalue weighted by Gasteiger charge is 2.48. The topological polar surface area (TPSA) is 38.5 Å². The SMILES string of the molecule is Cc1cc(N)c(OC(C)C)cc1C1CC(C)(C)N(C)C(C)(C)C1C. The molecular weight excluding hydrogens is 296 g/mol. The van der Waals surface area contributed by atoms with E-state index in [1.807, 2.05) is 13.8 Å². The van der Waals surface area contributed by atoms with Gasteiger partial charge in [-0.1, -0.05) is 6.92 Å². The maximum atomic E-state index is 6.20. The fourth-order valence-corrected chi connectivity index (χ4v) is 4.29. The molecule has 0 amide bonds. The molecule has 1 saturated heterocycles. The number of hydrogen-bond donors (Lipinski definition) is 1. The number of benzene rings is 1. The number of likely N-dealkylation sites (tertiary alicyclic amines) is 1. The summed E-state index contributed by atoms with van der Waals surface area (Å²) in [5.41, 5.74) is 9.90. The summed E-state index contributed by atoms with van der Waals surface area (Å²) in [7, 11) is 2.26. The van der Waals surface area contributed by atoms with E-state index in [1.165, 1.54) is 11.1 Å². The van der Waals surface area contributed by atoms with Crippen molar-refractivity contribution in [3.63, 3.8) is 0 Å². The molecule has 1 heterocycles. The first-order chi connectivity index (χ1) is 10.9. The summed E-state index contributed by atoms with van der Waals surface area (Å²) in [6.45, 7) is 18.1. The summed E-state index contributed by atoms with van der Waals surface area (Å²) in [4.78, 5) is 2.54. The minimum atomic E-state index is 0.130. The second kappa shape index (κ2) is 6.25. The molecule has 1 aliphatic rings. The van der Waals surface area contributed by atoms with Crippen LogP contribution in [-0.2, 0) is 0 Å². The van der Waals surface area contributed by atoms with Crippen molar-refractivity contribution >= 4 is 5.69 Å². The zero-order chi connectivity index (χ0) is 18.4. The van der Waals surface area contributed by atoms with E-state index in [0.717, 1.165) is 17.9 Å². The molecule has 1 aromatic rings. The molecule has 1 fully saturated rings. The van der Waals surface area contributed by atoms with Gasteiger partial charge < -0.3 is 10.5 Å². The molecule has 2 unspecified atom stereocenters. The number of hydrogen-bond acceptors (Lipinski definition) is 3. The van der Waals surface area contributed by atoms with Crippen LogP contribution in [0.3, 0.4) is 0 Å². The lowest BCUT2D eigenvalue weighted by atomic mass is 9.64. The van der Waals surface area contributed by atoms with Crippen LogP contribution < -0.4 is 10.5 Å². The third-order valence-corrected chi connectivity index (χ3v) is 6.37. The number of nitrogens with zero attached hydrogens (tertiary/aromatic N) is 1. The number of rotatable bonds is 3. The largest absolute Gasteiger partial charge is 0.489 e. The number of anilines is 1. The summed E-state index contributed by atoms with van der Waals surface area (Å²) in [5, 5.41) is 0. The molecule has 0 aliphatic carbocycles. The molecule has 0 spiro atoms. The predicted molar refractivity (Wildman–Crippen MR) is 104 cm³/mol. The van der Waals surface area contributed by atoms with Crippen LogP contribution in [0, 0.1) is 12.8 Å². The average Bonchev–Trinajstić information content (AvgIpc) is 2.44. The van der Waals surface area contributed by atoms with E-state index in [0.29, 0.717) is 11.8 Å². The first-order valence-corrected chi connectivity index (χ1v) is 9.18.